The van der Waals surface area contributed by atoms with Gasteiger partial charge in [0.05, 0.1) is 6.10 Å². The van der Waals surface area contributed by atoms with Crippen molar-refractivity contribution in [1.29, 1.82) is 0 Å². The number of nitrogens with one attached hydrogen (secondary N) is 2. The zero-order valence-electron chi connectivity index (χ0n) is 8.50. The number of aliphatic hydroxyl groups excluding tert-OH is 1. The molecule has 1 aliphatic carbocycles. The Morgan fingerprint density at radius 2 is 2.36 bits per heavy atom. The average Bonchev–Trinajstić information content (AvgIpc) is 2.63. The molecule has 0 spiro atoms. The topological polar surface area (TPSA) is 56.6 Å². The Morgan fingerprint density at radius 3 is 3.00 bits per heavy atom. The Kier molecular flexibility index (Phi) is 3.24. The summed E-state index contributed by atoms with van der Waals surface area (Å²) in [4.78, 5) is 4.33. The molecule has 1 saturated carbocycles. The monoisotopic (exact) mass is 197 g/mol. The maximum Gasteiger partial charge on any atom is 0.191 e. The summed E-state index contributed by atoms with van der Waals surface area (Å²) in [6.45, 7) is 2.79. The van der Waals surface area contributed by atoms with E-state index in [2.05, 4.69) is 15.6 Å². The first-order chi connectivity index (χ1) is 6.86. The van der Waals surface area contributed by atoms with Crippen LogP contribution in [0.4, 0.5) is 0 Å². The Balaban J connectivity index is 1.73. The summed E-state index contributed by atoms with van der Waals surface area (Å²) < 4.78 is 0. The van der Waals surface area contributed by atoms with Crippen molar-refractivity contribution < 1.29 is 5.11 Å². The molecule has 0 aromatic heterocycles. The third-order valence-corrected chi connectivity index (χ3v) is 3.05. The van der Waals surface area contributed by atoms with Gasteiger partial charge in [0.1, 0.15) is 0 Å². The van der Waals surface area contributed by atoms with E-state index in [1.165, 1.54) is 0 Å². The van der Waals surface area contributed by atoms with Gasteiger partial charge in [0.15, 0.2) is 5.96 Å². The van der Waals surface area contributed by atoms with Crippen molar-refractivity contribution >= 4 is 5.96 Å². The fourth-order valence-electron chi connectivity index (χ4n) is 2.13. The minimum Gasteiger partial charge on any atom is -0.393 e. The van der Waals surface area contributed by atoms with E-state index in [1.807, 2.05) is 0 Å². The van der Waals surface area contributed by atoms with E-state index < -0.39 is 0 Å². The van der Waals surface area contributed by atoms with Gasteiger partial charge in [-0.1, -0.05) is 6.42 Å². The van der Waals surface area contributed by atoms with Crippen LogP contribution in [-0.4, -0.2) is 36.8 Å². The molecule has 1 fully saturated rings. The highest BCUT2D eigenvalue weighted by Gasteiger charge is 2.25. The number of nitrogens with zero attached hydrogens (tertiary/aromatic N) is 1. The quantitative estimate of drug-likeness (QED) is 0.588. The molecule has 3 N–H and O–H groups in total. The third-order valence-electron chi connectivity index (χ3n) is 3.05. The largest absolute Gasteiger partial charge is 0.393 e. The summed E-state index contributed by atoms with van der Waals surface area (Å²) in [6, 6.07) is 0. The van der Waals surface area contributed by atoms with Crippen molar-refractivity contribution in [2.75, 3.05) is 19.6 Å². The van der Waals surface area contributed by atoms with Crippen LogP contribution in [0.2, 0.25) is 0 Å². The molecule has 2 rings (SSSR count). The van der Waals surface area contributed by atoms with Crippen LogP contribution >= 0.6 is 0 Å². The smallest absolute Gasteiger partial charge is 0.191 e. The maximum absolute atomic E-state index is 9.62. The number of hydrogen-bond donors (Lipinski definition) is 3. The maximum atomic E-state index is 9.62. The van der Waals surface area contributed by atoms with Crippen molar-refractivity contribution in [3.8, 4) is 0 Å². The first kappa shape index (κ1) is 9.77. The van der Waals surface area contributed by atoms with Crippen LogP contribution in [0.5, 0.6) is 0 Å². The molecule has 80 valence electrons. The first-order valence-electron chi connectivity index (χ1n) is 5.56. The molecule has 2 atom stereocenters. The van der Waals surface area contributed by atoms with Gasteiger partial charge in [-0.15, -0.1) is 0 Å². The second-order valence-corrected chi connectivity index (χ2v) is 4.15. The second kappa shape index (κ2) is 4.64. The first-order valence-corrected chi connectivity index (χ1v) is 5.56. The van der Waals surface area contributed by atoms with Crippen LogP contribution in [0.3, 0.4) is 0 Å². The number of guanidine groups is 1. The Morgan fingerprint density at radius 1 is 1.43 bits per heavy atom. The molecule has 4 heteroatoms. The molecule has 0 aromatic rings. The van der Waals surface area contributed by atoms with Crippen LogP contribution < -0.4 is 10.6 Å². The van der Waals surface area contributed by atoms with Gasteiger partial charge in [-0.25, -0.2) is 0 Å². The lowest BCUT2D eigenvalue weighted by atomic mass is 10.1. The van der Waals surface area contributed by atoms with E-state index >= 15 is 0 Å². The summed E-state index contributed by atoms with van der Waals surface area (Å²) in [7, 11) is 0. The molecule has 2 aliphatic rings. The standard InChI is InChI=1S/C10H19N3O/c14-9-4-1-3-8(9)7-13-10-11-5-2-6-12-10/h8-9,14H,1-7H2,(H2,11,12,13). The third kappa shape index (κ3) is 2.38. The minimum absolute atomic E-state index is 0.105. The highest BCUT2D eigenvalue weighted by atomic mass is 16.3. The molecule has 0 bridgehead atoms. The van der Waals surface area contributed by atoms with Crippen molar-refractivity contribution in [3.63, 3.8) is 0 Å². The van der Waals surface area contributed by atoms with Gasteiger partial charge in [0.25, 0.3) is 0 Å². The van der Waals surface area contributed by atoms with Crippen LogP contribution in [0.1, 0.15) is 25.7 Å². The Labute approximate surface area is 84.8 Å². The lowest BCUT2D eigenvalue weighted by molar-refractivity contribution is 0.134. The van der Waals surface area contributed by atoms with E-state index in [4.69, 9.17) is 0 Å². The fourth-order valence-corrected chi connectivity index (χ4v) is 2.13. The second-order valence-electron chi connectivity index (χ2n) is 4.15. The van der Waals surface area contributed by atoms with Gasteiger partial charge in [-0.3, -0.25) is 4.99 Å². The van der Waals surface area contributed by atoms with Gasteiger partial charge in [-0.2, -0.15) is 0 Å². The molecular formula is C10H19N3O. The zero-order valence-corrected chi connectivity index (χ0v) is 8.50. The highest BCUT2D eigenvalue weighted by molar-refractivity contribution is 5.80. The Bertz CT molecular complexity index is 217. The van der Waals surface area contributed by atoms with E-state index in [-0.39, 0.29) is 6.10 Å². The number of aliphatic hydroxyl groups is 1. The molecule has 2 unspecified atom stereocenters. The zero-order chi connectivity index (χ0) is 9.80. The average molecular weight is 197 g/mol. The van der Waals surface area contributed by atoms with Crippen LogP contribution in [0.25, 0.3) is 0 Å². The van der Waals surface area contributed by atoms with Crippen LogP contribution in [0.15, 0.2) is 4.99 Å². The van der Waals surface area contributed by atoms with Crippen LogP contribution in [0, 0.1) is 5.92 Å². The van der Waals surface area contributed by atoms with Gasteiger partial charge in [0, 0.05) is 25.6 Å². The van der Waals surface area contributed by atoms with Crippen LogP contribution in [-0.2, 0) is 0 Å². The SMILES string of the molecule is OC1CCCC1CNC1=NCCCN1. The summed E-state index contributed by atoms with van der Waals surface area (Å²) >= 11 is 0. The molecular weight excluding hydrogens is 178 g/mol. The Hall–Kier alpha value is -0.770. The highest BCUT2D eigenvalue weighted by Crippen LogP contribution is 2.24. The predicted molar refractivity (Wildman–Crippen MR) is 56.3 cm³/mol. The molecule has 0 amide bonds. The van der Waals surface area contributed by atoms with E-state index in [9.17, 15) is 5.11 Å². The number of aliphatic imine (C=N–C) groups is 1. The predicted octanol–water partition coefficient (Wildman–Crippen LogP) is 0.0863. The lowest BCUT2D eigenvalue weighted by Gasteiger charge is -2.20. The molecule has 0 aromatic carbocycles. The lowest BCUT2D eigenvalue weighted by Crippen LogP contribution is -2.43. The van der Waals surface area contributed by atoms with E-state index in [0.717, 1.165) is 51.3 Å². The van der Waals surface area contributed by atoms with Crippen molar-refractivity contribution in [2.45, 2.75) is 31.8 Å². The molecule has 1 aliphatic heterocycles. The van der Waals surface area contributed by atoms with Gasteiger partial charge < -0.3 is 15.7 Å². The van der Waals surface area contributed by atoms with Crippen molar-refractivity contribution in [3.05, 3.63) is 0 Å². The summed E-state index contributed by atoms with van der Waals surface area (Å²) in [5.74, 6) is 1.33. The minimum atomic E-state index is -0.105. The summed E-state index contributed by atoms with van der Waals surface area (Å²) in [5, 5.41) is 16.1. The molecule has 1 heterocycles. The van der Waals surface area contributed by atoms with Crippen molar-refractivity contribution in [2.24, 2.45) is 10.9 Å². The molecule has 0 saturated heterocycles. The summed E-state index contributed by atoms with van der Waals surface area (Å²) in [5.41, 5.74) is 0. The molecule has 0 radical (unpaired) electrons. The summed E-state index contributed by atoms with van der Waals surface area (Å²) in [6.07, 6.45) is 4.28. The normalized spacial score (nSPS) is 32.2. The van der Waals surface area contributed by atoms with E-state index in [0.29, 0.717) is 5.92 Å². The number of hydrogen-bond acceptors (Lipinski definition) is 4. The van der Waals surface area contributed by atoms with Gasteiger partial charge in [0.2, 0.25) is 0 Å². The molecule has 14 heavy (non-hydrogen) atoms. The van der Waals surface area contributed by atoms with Gasteiger partial charge >= 0.3 is 0 Å². The van der Waals surface area contributed by atoms with Gasteiger partial charge in [-0.05, 0) is 19.3 Å². The molecule has 4 nitrogen and oxygen atoms in total. The fraction of sp³-hybridized carbons (Fsp3) is 0.900. The van der Waals surface area contributed by atoms with Crippen molar-refractivity contribution in [1.82, 2.24) is 10.6 Å². The van der Waals surface area contributed by atoms with E-state index in [1.54, 1.807) is 0 Å². The number of rotatable bonds is 2.